The number of nitrogens with zero attached hydrogens (tertiary/aromatic N) is 5. The summed E-state index contributed by atoms with van der Waals surface area (Å²) in [7, 11) is 0. The Morgan fingerprint density at radius 3 is 2.62 bits per heavy atom. The number of fused-ring (bicyclic) bond motifs is 1. The molecule has 2 aromatic heterocycles. The Morgan fingerprint density at radius 2 is 2.00 bits per heavy atom. The first-order valence-corrected chi connectivity index (χ1v) is 8.77. The lowest BCUT2D eigenvalue weighted by Gasteiger charge is -2.46. The molecule has 0 bridgehead atoms. The van der Waals surface area contributed by atoms with Crippen molar-refractivity contribution >= 4 is 46.0 Å². The zero-order valence-electron chi connectivity index (χ0n) is 14.5. The molecule has 1 aliphatic heterocycles. The predicted octanol–water partition coefficient (Wildman–Crippen LogP) is 3.69. The van der Waals surface area contributed by atoms with Gasteiger partial charge in [0.1, 0.15) is 11.3 Å². The largest absolute Gasteiger partial charge is 0.465 e. The molecule has 1 saturated heterocycles. The van der Waals surface area contributed by atoms with Gasteiger partial charge in [-0.05, 0) is 17.0 Å². The highest BCUT2D eigenvalue weighted by Crippen LogP contribution is 2.33. The number of pyridine rings is 1. The van der Waals surface area contributed by atoms with E-state index in [2.05, 4.69) is 15.0 Å². The van der Waals surface area contributed by atoms with Crippen LogP contribution in [-0.4, -0.2) is 56.7 Å². The van der Waals surface area contributed by atoms with Crippen molar-refractivity contribution in [2.24, 2.45) is 5.41 Å². The van der Waals surface area contributed by atoms with Crippen LogP contribution >= 0.6 is 23.2 Å². The molecule has 1 aliphatic rings. The first-order chi connectivity index (χ1) is 12.1. The smallest absolute Gasteiger partial charge is 0.407 e. The summed E-state index contributed by atoms with van der Waals surface area (Å²) in [6.07, 6.45) is 0.442. The van der Waals surface area contributed by atoms with Crippen molar-refractivity contribution in [3.05, 3.63) is 22.5 Å². The highest BCUT2D eigenvalue weighted by atomic mass is 35.5. The van der Waals surface area contributed by atoms with Gasteiger partial charge in [0, 0.05) is 25.8 Å². The number of piperazine rings is 1. The molecule has 140 valence electrons. The minimum Gasteiger partial charge on any atom is -0.465 e. The summed E-state index contributed by atoms with van der Waals surface area (Å²) in [5.41, 5.74) is -0.302. The van der Waals surface area contributed by atoms with E-state index in [1.807, 2.05) is 25.7 Å². The molecule has 0 aliphatic carbocycles. The minimum atomic E-state index is -0.963. The summed E-state index contributed by atoms with van der Waals surface area (Å²) in [6, 6.07) is -0.275. The highest BCUT2D eigenvalue weighted by molar-refractivity contribution is 6.30. The molecule has 1 fully saturated rings. The number of rotatable bonds is 1. The fourth-order valence-electron chi connectivity index (χ4n) is 3.18. The van der Waals surface area contributed by atoms with E-state index in [1.165, 1.54) is 11.1 Å². The topological polar surface area (TPSA) is 82.5 Å². The van der Waals surface area contributed by atoms with Gasteiger partial charge in [-0.1, -0.05) is 32.4 Å². The van der Waals surface area contributed by atoms with Crippen molar-refractivity contribution in [2.75, 3.05) is 24.5 Å². The number of amides is 1. The van der Waals surface area contributed by atoms with Crippen LogP contribution in [0.1, 0.15) is 20.8 Å². The van der Waals surface area contributed by atoms with Crippen molar-refractivity contribution < 1.29 is 14.3 Å². The van der Waals surface area contributed by atoms with Gasteiger partial charge in [0.2, 0.25) is 5.28 Å². The Kier molecular flexibility index (Phi) is 4.83. The summed E-state index contributed by atoms with van der Waals surface area (Å²) < 4.78 is 14.3. The van der Waals surface area contributed by atoms with Gasteiger partial charge >= 0.3 is 6.09 Å². The van der Waals surface area contributed by atoms with Crippen molar-refractivity contribution in [1.29, 1.82) is 0 Å². The van der Waals surface area contributed by atoms with Gasteiger partial charge in [-0.2, -0.15) is 4.98 Å². The van der Waals surface area contributed by atoms with Crippen LogP contribution in [0.4, 0.5) is 15.0 Å². The van der Waals surface area contributed by atoms with Crippen molar-refractivity contribution in [2.45, 2.75) is 26.8 Å². The summed E-state index contributed by atoms with van der Waals surface area (Å²) in [6.45, 7) is 7.01. The Balaban J connectivity index is 2.07. The molecule has 1 atom stereocenters. The third-order valence-corrected chi connectivity index (χ3v) is 4.95. The van der Waals surface area contributed by atoms with Gasteiger partial charge in [0.15, 0.2) is 11.0 Å². The molecule has 3 rings (SSSR count). The van der Waals surface area contributed by atoms with Gasteiger partial charge in [0.05, 0.1) is 11.4 Å². The molecule has 2 aromatic rings. The summed E-state index contributed by atoms with van der Waals surface area (Å²) in [5, 5.41) is 9.48. The molecule has 0 aromatic carbocycles. The van der Waals surface area contributed by atoms with Gasteiger partial charge in [-0.3, -0.25) is 0 Å². The average molecular weight is 402 g/mol. The molecule has 0 radical (unpaired) electrons. The van der Waals surface area contributed by atoms with Crippen LogP contribution < -0.4 is 4.90 Å². The number of hydrogen-bond acceptors (Lipinski definition) is 5. The van der Waals surface area contributed by atoms with Crippen LogP contribution in [0, 0.1) is 11.2 Å². The van der Waals surface area contributed by atoms with E-state index in [0.29, 0.717) is 30.8 Å². The Morgan fingerprint density at radius 1 is 1.31 bits per heavy atom. The zero-order chi connectivity index (χ0) is 19.2. The predicted molar refractivity (Wildman–Crippen MR) is 97.5 cm³/mol. The number of aromatic nitrogens is 3. The Bertz CT molecular complexity index is 874. The first-order valence-electron chi connectivity index (χ1n) is 8.01. The monoisotopic (exact) mass is 401 g/mol. The third-order valence-electron chi connectivity index (χ3n) is 4.52. The second-order valence-electron chi connectivity index (χ2n) is 7.25. The first kappa shape index (κ1) is 18.8. The summed E-state index contributed by atoms with van der Waals surface area (Å²) in [5.74, 6) is -0.339. The van der Waals surface area contributed by atoms with E-state index in [4.69, 9.17) is 23.2 Å². The third kappa shape index (κ3) is 3.35. The second-order valence-corrected chi connectivity index (χ2v) is 7.94. The molecule has 10 heteroatoms. The molecule has 1 N–H and O–H groups in total. The maximum atomic E-state index is 14.3. The second kappa shape index (κ2) is 6.66. The molecule has 1 unspecified atom stereocenters. The SMILES string of the molecule is CC(C)(C)C1CN(c2nc(Cl)nc3c(F)c(Cl)ncc23)CCN1C(=O)O. The van der Waals surface area contributed by atoms with Gasteiger partial charge in [-0.15, -0.1) is 0 Å². The average Bonchev–Trinajstić information content (AvgIpc) is 2.56. The normalized spacial score (nSPS) is 18.5. The van der Waals surface area contributed by atoms with Crippen LogP contribution in [0.15, 0.2) is 6.20 Å². The molecular weight excluding hydrogens is 384 g/mol. The number of carbonyl (C=O) groups is 1. The summed E-state index contributed by atoms with van der Waals surface area (Å²) >= 11 is 11.7. The lowest BCUT2D eigenvalue weighted by Crippen LogP contribution is -2.59. The fourth-order valence-corrected chi connectivity index (χ4v) is 3.48. The van der Waals surface area contributed by atoms with Crippen LogP contribution in [0.2, 0.25) is 10.4 Å². The fraction of sp³-hybridized carbons (Fsp3) is 0.500. The highest BCUT2D eigenvalue weighted by Gasteiger charge is 2.39. The number of hydrogen-bond donors (Lipinski definition) is 1. The minimum absolute atomic E-state index is 0.00651. The van der Waals surface area contributed by atoms with E-state index < -0.39 is 11.9 Å². The maximum absolute atomic E-state index is 14.3. The van der Waals surface area contributed by atoms with Crippen LogP contribution in [-0.2, 0) is 0 Å². The lowest BCUT2D eigenvalue weighted by atomic mass is 9.84. The summed E-state index contributed by atoms with van der Waals surface area (Å²) in [4.78, 5) is 26.9. The van der Waals surface area contributed by atoms with Crippen LogP contribution in [0.25, 0.3) is 10.9 Å². The van der Waals surface area contributed by atoms with Gasteiger partial charge in [0.25, 0.3) is 0 Å². The zero-order valence-corrected chi connectivity index (χ0v) is 16.0. The van der Waals surface area contributed by atoms with E-state index in [0.717, 1.165) is 0 Å². The van der Waals surface area contributed by atoms with Crippen molar-refractivity contribution in [3.8, 4) is 0 Å². The molecule has 7 nitrogen and oxygen atoms in total. The number of halogens is 3. The van der Waals surface area contributed by atoms with Crippen LogP contribution in [0.3, 0.4) is 0 Å². The van der Waals surface area contributed by atoms with E-state index in [-0.39, 0.29) is 27.4 Å². The molecule has 0 saturated carbocycles. The van der Waals surface area contributed by atoms with Crippen LogP contribution in [0.5, 0.6) is 0 Å². The molecular formula is C16H18Cl2FN5O2. The lowest BCUT2D eigenvalue weighted by molar-refractivity contribution is 0.0747. The number of anilines is 1. The maximum Gasteiger partial charge on any atom is 0.407 e. The van der Waals surface area contributed by atoms with E-state index >= 15 is 0 Å². The van der Waals surface area contributed by atoms with Crippen molar-refractivity contribution in [3.63, 3.8) is 0 Å². The standard InChI is InChI=1S/C16H18Cl2FN5O2/c1-16(2,3)9-7-23(4-5-24(9)15(25)26)13-8-6-20-12(17)10(19)11(8)21-14(18)22-13/h6,9H,4-5,7H2,1-3H3,(H,25,26). The van der Waals surface area contributed by atoms with E-state index in [9.17, 15) is 14.3 Å². The Labute approximate surface area is 159 Å². The number of carboxylic acid groups (broad SMARTS) is 1. The van der Waals surface area contributed by atoms with E-state index in [1.54, 1.807) is 0 Å². The molecule has 3 heterocycles. The molecule has 1 amide bonds. The quantitative estimate of drug-likeness (QED) is 0.579. The van der Waals surface area contributed by atoms with Crippen molar-refractivity contribution in [1.82, 2.24) is 19.9 Å². The van der Waals surface area contributed by atoms with Gasteiger partial charge < -0.3 is 14.9 Å². The Hall–Kier alpha value is -1.93. The molecule has 26 heavy (non-hydrogen) atoms. The molecule has 0 spiro atoms. The van der Waals surface area contributed by atoms with Gasteiger partial charge in [-0.25, -0.2) is 19.2 Å².